The smallest absolute Gasteiger partial charge is 0.248 e. The molecule has 2 N–H and O–H groups in total. The lowest BCUT2D eigenvalue weighted by Crippen LogP contribution is -1.85. The fourth-order valence-corrected chi connectivity index (χ4v) is 3.30. The largest absolute Gasteiger partial charge is 0.420 e. The molecule has 5 rings (SSSR count). The summed E-state index contributed by atoms with van der Waals surface area (Å²) in [6.45, 7) is 4.07. The molecule has 0 amide bonds. The summed E-state index contributed by atoms with van der Waals surface area (Å²) in [6.07, 6.45) is 3.75. The first-order valence-corrected chi connectivity index (χ1v) is 8.58. The molecule has 3 heterocycles. The number of nitrogens with zero attached hydrogens (tertiary/aromatic N) is 3. The highest BCUT2D eigenvalue weighted by atomic mass is 16.4. The standard InChI is InChI=1S/C20H17N5O/c1-11(2)19-24-25-20(26-19)15-8-12(9-18-16(15)10-22-23-18)13-4-3-5-17-14(13)6-7-21-17/h3-11,21H,1-2H3,(H,22,23). The molecule has 6 nitrogen and oxygen atoms in total. The third-order valence-corrected chi connectivity index (χ3v) is 4.63. The van der Waals surface area contributed by atoms with E-state index in [1.54, 1.807) is 6.20 Å². The normalized spacial score (nSPS) is 11.8. The quantitative estimate of drug-likeness (QED) is 0.489. The maximum Gasteiger partial charge on any atom is 0.248 e. The van der Waals surface area contributed by atoms with Gasteiger partial charge in [-0.2, -0.15) is 5.10 Å². The van der Waals surface area contributed by atoms with Crippen LogP contribution < -0.4 is 0 Å². The molecule has 5 aromatic rings. The second-order valence-corrected chi connectivity index (χ2v) is 6.70. The zero-order valence-electron chi connectivity index (χ0n) is 14.4. The summed E-state index contributed by atoms with van der Waals surface area (Å²) in [5, 5.41) is 17.8. The Hall–Kier alpha value is -3.41. The van der Waals surface area contributed by atoms with E-state index in [1.165, 1.54) is 5.39 Å². The fourth-order valence-electron chi connectivity index (χ4n) is 3.30. The molecule has 0 aliphatic carbocycles. The molecule has 0 aliphatic rings. The molecule has 2 aromatic carbocycles. The predicted molar refractivity (Wildman–Crippen MR) is 101 cm³/mol. The Morgan fingerprint density at radius 2 is 1.88 bits per heavy atom. The van der Waals surface area contributed by atoms with E-state index in [9.17, 15) is 0 Å². The third-order valence-electron chi connectivity index (χ3n) is 4.63. The number of benzene rings is 2. The van der Waals surface area contributed by atoms with Gasteiger partial charge in [0.15, 0.2) is 0 Å². The van der Waals surface area contributed by atoms with Crippen LogP contribution in [0, 0.1) is 0 Å². The van der Waals surface area contributed by atoms with E-state index in [0.717, 1.165) is 33.1 Å². The SMILES string of the molecule is CC(C)c1nnc(-c2cc(-c3cccc4[nH]ccc34)cc3[nH]ncc23)o1. The molecule has 3 aromatic heterocycles. The van der Waals surface area contributed by atoms with Crippen molar-refractivity contribution < 1.29 is 4.42 Å². The lowest BCUT2D eigenvalue weighted by Gasteiger charge is -2.07. The van der Waals surface area contributed by atoms with Gasteiger partial charge in [0.2, 0.25) is 11.8 Å². The Morgan fingerprint density at radius 3 is 2.73 bits per heavy atom. The average Bonchev–Trinajstić information content (AvgIpc) is 3.39. The van der Waals surface area contributed by atoms with E-state index < -0.39 is 0 Å². The number of rotatable bonds is 3. The molecule has 0 saturated heterocycles. The predicted octanol–water partition coefficient (Wildman–Crippen LogP) is 4.88. The summed E-state index contributed by atoms with van der Waals surface area (Å²) in [5.74, 6) is 1.34. The highest BCUT2D eigenvalue weighted by molar-refractivity contribution is 6.01. The number of nitrogens with one attached hydrogen (secondary N) is 2. The van der Waals surface area contributed by atoms with Crippen LogP contribution in [0.25, 0.3) is 44.4 Å². The maximum absolute atomic E-state index is 5.90. The number of aromatic amines is 2. The van der Waals surface area contributed by atoms with Crippen molar-refractivity contribution in [2.24, 2.45) is 0 Å². The molecule has 0 fully saturated rings. The first-order chi connectivity index (χ1) is 12.7. The van der Waals surface area contributed by atoms with Gasteiger partial charge < -0.3 is 9.40 Å². The van der Waals surface area contributed by atoms with Crippen LogP contribution in [0.15, 0.2) is 53.2 Å². The second-order valence-electron chi connectivity index (χ2n) is 6.70. The van der Waals surface area contributed by atoms with Crippen molar-refractivity contribution in [1.29, 1.82) is 0 Å². The Kier molecular flexibility index (Phi) is 3.18. The molecule has 0 saturated carbocycles. The molecule has 6 heteroatoms. The minimum Gasteiger partial charge on any atom is -0.420 e. The maximum atomic E-state index is 5.90. The fraction of sp³-hybridized carbons (Fsp3) is 0.150. The van der Waals surface area contributed by atoms with E-state index >= 15 is 0 Å². The molecule has 0 spiro atoms. The van der Waals surface area contributed by atoms with Gasteiger partial charge in [0.25, 0.3) is 0 Å². The first-order valence-electron chi connectivity index (χ1n) is 8.58. The Labute approximate surface area is 149 Å². The van der Waals surface area contributed by atoms with Crippen LogP contribution in [0.3, 0.4) is 0 Å². The van der Waals surface area contributed by atoms with Gasteiger partial charge >= 0.3 is 0 Å². The van der Waals surface area contributed by atoms with Crippen LogP contribution in [0.5, 0.6) is 0 Å². The van der Waals surface area contributed by atoms with E-state index in [0.29, 0.717) is 11.8 Å². The molecular weight excluding hydrogens is 326 g/mol. The highest BCUT2D eigenvalue weighted by Crippen LogP contribution is 2.35. The van der Waals surface area contributed by atoms with Crippen LogP contribution in [-0.2, 0) is 0 Å². The molecule has 26 heavy (non-hydrogen) atoms. The van der Waals surface area contributed by atoms with Crippen molar-refractivity contribution in [3.8, 4) is 22.6 Å². The molecular formula is C20H17N5O. The topological polar surface area (TPSA) is 83.4 Å². The van der Waals surface area contributed by atoms with Gasteiger partial charge in [0, 0.05) is 28.4 Å². The molecule has 0 aliphatic heterocycles. The highest BCUT2D eigenvalue weighted by Gasteiger charge is 2.17. The Bertz CT molecular complexity index is 1230. The summed E-state index contributed by atoms with van der Waals surface area (Å²) < 4.78 is 5.90. The number of fused-ring (bicyclic) bond motifs is 2. The van der Waals surface area contributed by atoms with Crippen LogP contribution in [0.1, 0.15) is 25.7 Å². The van der Waals surface area contributed by atoms with Gasteiger partial charge in [-0.05, 0) is 35.4 Å². The minimum atomic E-state index is 0.188. The molecule has 128 valence electrons. The van der Waals surface area contributed by atoms with Crippen LogP contribution in [0.4, 0.5) is 0 Å². The van der Waals surface area contributed by atoms with Crippen molar-refractivity contribution >= 4 is 21.8 Å². The number of hydrogen-bond donors (Lipinski definition) is 2. The van der Waals surface area contributed by atoms with Gasteiger partial charge in [-0.3, -0.25) is 5.10 Å². The first kappa shape index (κ1) is 14.9. The van der Waals surface area contributed by atoms with E-state index in [4.69, 9.17) is 4.42 Å². The third kappa shape index (κ3) is 2.23. The zero-order valence-corrected chi connectivity index (χ0v) is 14.4. The minimum absolute atomic E-state index is 0.188. The number of hydrogen-bond acceptors (Lipinski definition) is 4. The van der Waals surface area contributed by atoms with Gasteiger partial charge in [0.05, 0.1) is 17.3 Å². The number of aromatic nitrogens is 5. The summed E-state index contributed by atoms with van der Waals surface area (Å²) in [7, 11) is 0. The molecule has 0 unspecified atom stereocenters. The monoisotopic (exact) mass is 343 g/mol. The van der Waals surface area contributed by atoms with Crippen molar-refractivity contribution in [2.45, 2.75) is 19.8 Å². The van der Waals surface area contributed by atoms with Crippen molar-refractivity contribution in [1.82, 2.24) is 25.4 Å². The summed E-state index contributed by atoms with van der Waals surface area (Å²) in [5.41, 5.74) is 5.15. The van der Waals surface area contributed by atoms with E-state index in [2.05, 4.69) is 61.8 Å². The summed E-state index contributed by atoms with van der Waals surface area (Å²) >= 11 is 0. The molecule has 0 atom stereocenters. The van der Waals surface area contributed by atoms with Gasteiger partial charge in [0.1, 0.15) is 0 Å². The van der Waals surface area contributed by atoms with Gasteiger partial charge in [-0.15, -0.1) is 10.2 Å². The average molecular weight is 343 g/mol. The number of H-pyrrole nitrogens is 2. The molecule has 0 radical (unpaired) electrons. The van der Waals surface area contributed by atoms with E-state index in [1.807, 2.05) is 20.0 Å². The van der Waals surface area contributed by atoms with Crippen LogP contribution >= 0.6 is 0 Å². The lowest BCUT2D eigenvalue weighted by atomic mass is 9.98. The Morgan fingerprint density at radius 1 is 0.962 bits per heavy atom. The summed E-state index contributed by atoms with van der Waals surface area (Å²) in [4.78, 5) is 3.26. The van der Waals surface area contributed by atoms with Crippen molar-refractivity contribution in [3.05, 3.63) is 54.7 Å². The van der Waals surface area contributed by atoms with Gasteiger partial charge in [-0.1, -0.05) is 26.0 Å². The van der Waals surface area contributed by atoms with Gasteiger partial charge in [-0.25, -0.2) is 0 Å². The second kappa shape index (κ2) is 5.56. The van der Waals surface area contributed by atoms with Crippen molar-refractivity contribution in [2.75, 3.05) is 0 Å². The Balaban J connectivity index is 1.76. The lowest BCUT2D eigenvalue weighted by molar-refractivity contribution is 0.481. The van der Waals surface area contributed by atoms with Crippen LogP contribution in [-0.4, -0.2) is 25.4 Å². The van der Waals surface area contributed by atoms with Crippen molar-refractivity contribution in [3.63, 3.8) is 0 Å². The zero-order chi connectivity index (χ0) is 17.7. The van der Waals surface area contributed by atoms with E-state index in [-0.39, 0.29) is 5.92 Å². The summed E-state index contributed by atoms with van der Waals surface area (Å²) in [6, 6.07) is 12.5. The molecule has 0 bridgehead atoms. The van der Waals surface area contributed by atoms with Crippen LogP contribution in [0.2, 0.25) is 0 Å².